The highest BCUT2D eigenvalue weighted by molar-refractivity contribution is 6.31. The van der Waals surface area contributed by atoms with E-state index in [1.807, 2.05) is 0 Å². The highest BCUT2D eigenvalue weighted by Crippen LogP contribution is 2.27. The van der Waals surface area contributed by atoms with Crippen LogP contribution in [0.15, 0.2) is 41.4 Å². The number of hydrazine groups is 1. The molecule has 37 heavy (non-hydrogen) atoms. The number of carbonyl (C=O) groups is 1. The summed E-state index contributed by atoms with van der Waals surface area (Å²) >= 11 is 5.80. The van der Waals surface area contributed by atoms with E-state index in [1.165, 1.54) is 37.4 Å². The van der Waals surface area contributed by atoms with Gasteiger partial charge >= 0.3 is 6.18 Å². The van der Waals surface area contributed by atoms with Crippen LogP contribution in [0, 0.1) is 17.6 Å². The van der Waals surface area contributed by atoms with E-state index in [-0.39, 0.29) is 23.1 Å². The van der Waals surface area contributed by atoms with E-state index in [1.54, 1.807) is 0 Å². The van der Waals surface area contributed by atoms with Crippen molar-refractivity contribution in [3.05, 3.63) is 58.6 Å². The molecule has 3 rings (SSSR count). The van der Waals surface area contributed by atoms with Crippen LogP contribution < -0.4 is 32.5 Å². The molecule has 15 heteroatoms. The molecule has 8 N–H and O–H groups in total. The molecular formula is C22H25ClF5N7O2. The molecule has 9 nitrogen and oxygen atoms in total. The minimum atomic E-state index is -4.85. The van der Waals surface area contributed by atoms with Crippen LogP contribution in [0.1, 0.15) is 18.0 Å². The number of hydrogen-bond donors (Lipinski definition) is 7. The van der Waals surface area contributed by atoms with Crippen molar-refractivity contribution in [3.63, 3.8) is 0 Å². The highest BCUT2D eigenvalue weighted by atomic mass is 35.5. The van der Waals surface area contributed by atoms with Crippen molar-refractivity contribution in [2.24, 2.45) is 16.6 Å². The van der Waals surface area contributed by atoms with Crippen molar-refractivity contribution >= 4 is 29.2 Å². The number of carbonyl (C=O) groups excluding carboxylic acids is 1. The van der Waals surface area contributed by atoms with E-state index in [2.05, 4.69) is 31.8 Å². The fraction of sp³-hybridized carbons (Fsp3) is 0.364. The van der Waals surface area contributed by atoms with Crippen molar-refractivity contribution in [2.45, 2.75) is 30.8 Å². The van der Waals surface area contributed by atoms with E-state index in [4.69, 9.17) is 17.3 Å². The zero-order chi connectivity index (χ0) is 27.3. The lowest BCUT2D eigenvalue weighted by Gasteiger charge is -2.25. The second-order valence-electron chi connectivity index (χ2n) is 8.23. The average molecular weight is 550 g/mol. The lowest BCUT2D eigenvalue weighted by Crippen LogP contribution is -2.54. The van der Waals surface area contributed by atoms with E-state index in [0.29, 0.717) is 5.56 Å². The molecule has 0 aromatic heterocycles. The number of halogens is 6. The number of phenolic OH excluding ortho intramolecular Hbond substituents is 1. The number of amides is 1. The Kier molecular flexibility index (Phi) is 9.26. The topological polar surface area (TPSA) is 136 Å². The molecule has 4 atom stereocenters. The third-order valence-corrected chi connectivity index (χ3v) is 5.85. The summed E-state index contributed by atoms with van der Waals surface area (Å²) in [5, 5.41) is 16.5. The fourth-order valence-corrected chi connectivity index (χ4v) is 3.78. The summed E-state index contributed by atoms with van der Waals surface area (Å²) < 4.78 is 68.0. The van der Waals surface area contributed by atoms with Gasteiger partial charge in [0.25, 0.3) is 0 Å². The highest BCUT2D eigenvalue weighted by Gasteiger charge is 2.45. The molecular weight excluding hydrogens is 525 g/mol. The van der Waals surface area contributed by atoms with Crippen LogP contribution in [0.3, 0.4) is 0 Å². The number of hydrogen-bond acceptors (Lipinski definition) is 7. The van der Waals surface area contributed by atoms with E-state index < -0.39 is 60.2 Å². The Hall–Kier alpha value is -3.04. The summed E-state index contributed by atoms with van der Waals surface area (Å²) in [7, 11) is 1.36. The predicted octanol–water partition coefficient (Wildman–Crippen LogP) is 2.50. The first-order chi connectivity index (χ1) is 17.4. The monoisotopic (exact) mass is 549 g/mol. The quantitative estimate of drug-likeness (QED) is 0.160. The van der Waals surface area contributed by atoms with Gasteiger partial charge in [0.1, 0.15) is 12.2 Å². The van der Waals surface area contributed by atoms with E-state index >= 15 is 0 Å². The maximum Gasteiger partial charge on any atom is 0.404 e. The number of anilines is 1. The number of aromatic hydroxyl groups is 1. The molecule has 0 spiro atoms. The van der Waals surface area contributed by atoms with Gasteiger partial charge in [0.05, 0.1) is 16.6 Å². The molecule has 0 aliphatic carbocycles. The molecule has 2 aromatic rings. The molecule has 0 bridgehead atoms. The maximum absolute atomic E-state index is 14.5. The van der Waals surface area contributed by atoms with Crippen LogP contribution in [-0.2, 0) is 4.79 Å². The van der Waals surface area contributed by atoms with Crippen molar-refractivity contribution in [1.29, 1.82) is 0 Å². The summed E-state index contributed by atoms with van der Waals surface area (Å²) in [4.78, 5) is 17.1. The number of nitrogens with one attached hydrogen (secondary N) is 5. The molecule has 1 heterocycles. The minimum Gasteiger partial charge on any atom is -0.505 e. The van der Waals surface area contributed by atoms with Gasteiger partial charge in [-0.1, -0.05) is 23.7 Å². The summed E-state index contributed by atoms with van der Waals surface area (Å²) in [5.74, 6) is -5.44. The molecule has 1 fully saturated rings. The number of rotatable bonds is 7. The molecule has 1 amide bonds. The van der Waals surface area contributed by atoms with E-state index in [0.717, 1.165) is 6.07 Å². The molecule has 202 valence electrons. The Morgan fingerprint density at radius 2 is 2.00 bits per heavy atom. The van der Waals surface area contributed by atoms with Crippen LogP contribution in [0.2, 0.25) is 5.02 Å². The van der Waals surface area contributed by atoms with Crippen molar-refractivity contribution in [1.82, 2.24) is 21.5 Å². The normalized spacial score (nSPS) is 19.9. The number of phenols is 1. The summed E-state index contributed by atoms with van der Waals surface area (Å²) in [6, 6.07) is 4.84. The molecule has 0 radical (unpaired) electrons. The Morgan fingerprint density at radius 3 is 2.65 bits per heavy atom. The third-order valence-electron chi connectivity index (χ3n) is 5.56. The van der Waals surface area contributed by atoms with Crippen LogP contribution in [0.4, 0.5) is 27.6 Å². The first-order valence-electron chi connectivity index (χ1n) is 11.0. The second-order valence-corrected chi connectivity index (χ2v) is 8.64. The van der Waals surface area contributed by atoms with Crippen LogP contribution in [-0.4, -0.2) is 48.9 Å². The average Bonchev–Trinajstić information content (AvgIpc) is 3.29. The molecule has 0 saturated carbocycles. The van der Waals surface area contributed by atoms with Gasteiger partial charge in [0, 0.05) is 19.0 Å². The summed E-state index contributed by atoms with van der Waals surface area (Å²) in [6.45, 7) is -0.400. The molecule has 1 aliphatic heterocycles. The minimum absolute atomic E-state index is 0.194. The maximum atomic E-state index is 14.5. The molecule has 1 saturated heterocycles. The Labute approximate surface area is 213 Å². The van der Waals surface area contributed by atoms with Crippen molar-refractivity contribution in [2.75, 3.05) is 18.9 Å². The largest absolute Gasteiger partial charge is 0.505 e. The number of guanidine groups is 1. The van der Waals surface area contributed by atoms with Gasteiger partial charge in [-0.25, -0.2) is 24.6 Å². The lowest BCUT2D eigenvalue weighted by molar-refractivity contribution is -0.164. The SMILES string of the molecule is CNCC(C(=O)NC(=NC1CC(c2ccc(O)c(F)c2)NN1)Nc1cccc(Cl)c1F)C(N)C(F)(F)F. The van der Waals surface area contributed by atoms with E-state index in [9.17, 15) is 31.9 Å². The first kappa shape index (κ1) is 28.5. The summed E-state index contributed by atoms with van der Waals surface area (Å²) in [6.07, 6.45) is -5.44. The molecule has 4 unspecified atom stereocenters. The first-order valence-corrected chi connectivity index (χ1v) is 11.3. The van der Waals surface area contributed by atoms with Crippen molar-refractivity contribution < 1.29 is 31.9 Å². The van der Waals surface area contributed by atoms with Crippen LogP contribution >= 0.6 is 11.6 Å². The predicted molar refractivity (Wildman–Crippen MR) is 128 cm³/mol. The standard InChI is InChI=1S/C22H25ClF5N7O2/c1-30-9-11(19(29)22(26,27)28)20(37)33-21(31-14-4-2-3-12(23)18(14)25)32-17-8-15(34-35-17)10-5-6-16(36)13(24)7-10/h2-7,11,15,17,19,30,34-36H,8-9,29H2,1H3,(H2,31,32,33,37). The number of benzene rings is 2. The van der Waals surface area contributed by atoms with Gasteiger partial charge < -0.3 is 21.5 Å². The third kappa shape index (κ3) is 7.26. The van der Waals surface area contributed by atoms with Gasteiger partial charge in [-0.3, -0.25) is 10.1 Å². The zero-order valence-corrected chi connectivity index (χ0v) is 20.1. The lowest BCUT2D eigenvalue weighted by atomic mass is 9.99. The van der Waals surface area contributed by atoms with Gasteiger partial charge in [-0.2, -0.15) is 13.2 Å². The fourth-order valence-electron chi connectivity index (χ4n) is 3.60. The Bertz CT molecular complexity index is 1150. The van der Waals surface area contributed by atoms with Crippen LogP contribution in [0.25, 0.3) is 0 Å². The van der Waals surface area contributed by atoms with Gasteiger partial charge in [0.15, 0.2) is 17.4 Å². The second kappa shape index (κ2) is 12.0. The van der Waals surface area contributed by atoms with Gasteiger partial charge in [-0.15, -0.1) is 0 Å². The number of nitrogens with zero attached hydrogens (tertiary/aromatic N) is 1. The molecule has 2 aromatic carbocycles. The van der Waals surface area contributed by atoms with Crippen LogP contribution in [0.5, 0.6) is 5.75 Å². The number of nitrogens with two attached hydrogens (primary N) is 1. The van der Waals surface area contributed by atoms with Crippen molar-refractivity contribution in [3.8, 4) is 5.75 Å². The smallest absolute Gasteiger partial charge is 0.404 e. The number of aliphatic imine (C=N–C) groups is 1. The zero-order valence-electron chi connectivity index (χ0n) is 19.3. The molecule has 1 aliphatic rings. The van der Waals surface area contributed by atoms with Gasteiger partial charge in [-0.05, 0) is 36.9 Å². The Balaban J connectivity index is 1.86. The Morgan fingerprint density at radius 1 is 1.27 bits per heavy atom. The number of alkyl halides is 3. The summed E-state index contributed by atoms with van der Waals surface area (Å²) in [5.41, 5.74) is 11.3. The van der Waals surface area contributed by atoms with Gasteiger partial charge in [0.2, 0.25) is 11.9 Å².